The van der Waals surface area contributed by atoms with Gasteiger partial charge in [-0.25, -0.2) is 0 Å². The second kappa shape index (κ2) is 8.08. The molecule has 1 aliphatic rings. The lowest BCUT2D eigenvalue weighted by molar-refractivity contribution is -0.137. The average Bonchev–Trinajstić information content (AvgIpc) is 2.84. The molecule has 0 heterocycles. The van der Waals surface area contributed by atoms with Crippen LogP contribution in [0.3, 0.4) is 0 Å². The van der Waals surface area contributed by atoms with Crippen LogP contribution in [0.4, 0.5) is 0 Å². The third kappa shape index (κ3) is 6.00. The molecular weight excluding hydrogens is 232 g/mol. The Bertz CT molecular complexity index is 275. The van der Waals surface area contributed by atoms with Gasteiger partial charge in [-0.1, -0.05) is 25.7 Å². The second-order valence-electron chi connectivity index (χ2n) is 5.12. The molecule has 5 nitrogen and oxygen atoms in total. The zero-order valence-electron chi connectivity index (χ0n) is 10.9. The quantitative estimate of drug-likeness (QED) is 0.570. The summed E-state index contributed by atoms with van der Waals surface area (Å²) in [7, 11) is 0. The zero-order chi connectivity index (χ0) is 13.4. The summed E-state index contributed by atoms with van der Waals surface area (Å²) in [5.41, 5.74) is 5.59. The van der Waals surface area contributed by atoms with E-state index < -0.39 is 12.0 Å². The van der Waals surface area contributed by atoms with Gasteiger partial charge < -0.3 is 16.2 Å². The molecule has 1 atom stereocenters. The first-order valence-corrected chi connectivity index (χ1v) is 6.84. The molecule has 1 saturated carbocycles. The van der Waals surface area contributed by atoms with Crippen molar-refractivity contribution in [3.05, 3.63) is 0 Å². The summed E-state index contributed by atoms with van der Waals surface area (Å²) in [4.78, 5) is 21.9. The van der Waals surface area contributed by atoms with Crippen LogP contribution < -0.4 is 11.1 Å². The SMILES string of the molecule is NC(CCC(=O)O)C(=O)NCCCC1CCCC1. The molecule has 1 aliphatic carbocycles. The standard InChI is InChI=1S/C13H24N2O3/c14-11(7-8-12(16)17)13(18)15-9-3-6-10-4-1-2-5-10/h10-11H,1-9,14H2,(H,15,18)(H,16,17). The highest BCUT2D eigenvalue weighted by molar-refractivity contribution is 5.82. The normalized spacial score (nSPS) is 17.6. The van der Waals surface area contributed by atoms with E-state index in [1.807, 2.05) is 0 Å². The number of nitrogens with two attached hydrogens (primary N) is 1. The molecule has 5 heteroatoms. The smallest absolute Gasteiger partial charge is 0.303 e. The molecular formula is C13H24N2O3. The van der Waals surface area contributed by atoms with Gasteiger partial charge in [0.05, 0.1) is 6.04 Å². The molecule has 0 radical (unpaired) electrons. The summed E-state index contributed by atoms with van der Waals surface area (Å²) in [6, 6.07) is -0.701. The minimum absolute atomic E-state index is 0.0589. The Balaban J connectivity index is 2.02. The van der Waals surface area contributed by atoms with Gasteiger partial charge in [0.25, 0.3) is 0 Å². The van der Waals surface area contributed by atoms with Crippen LogP contribution in [0.1, 0.15) is 51.4 Å². The Morgan fingerprint density at radius 3 is 2.61 bits per heavy atom. The molecule has 0 aromatic rings. The summed E-state index contributed by atoms with van der Waals surface area (Å²) < 4.78 is 0. The number of aliphatic carboxylic acids is 1. The van der Waals surface area contributed by atoms with E-state index in [9.17, 15) is 9.59 Å². The van der Waals surface area contributed by atoms with E-state index in [1.165, 1.54) is 32.1 Å². The fourth-order valence-electron chi connectivity index (χ4n) is 2.44. The molecule has 1 fully saturated rings. The van der Waals surface area contributed by atoms with E-state index in [0.29, 0.717) is 6.54 Å². The molecule has 18 heavy (non-hydrogen) atoms. The minimum atomic E-state index is -0.917. The van der Waals surface area contributed by atoms with E-state index in [-0.39, 0.29) is 18.7 Å². The topological polar surface area (TPSA) is 92.4 Å². The number of rotatable bonds is 8. The number of carbonyl (C=O) groups excluding carboxylic acids is 1. The largest absolute Gasteiger partial charge is 0.481 e. The third-order valence-electron chi connectivity index (χ3n) is 3.57. The fraction of sp³-hybridized carbons (Fsp3) is 0.846. The number of carboxylic acid groups (broad SMARTS) is 1. The fourth-order valence-corrected chi connectivity index (χ4v) is 2.44. The predicted octanol–water partition coefficient (Wildman–Crippen LogP) is 1.27. The van der Waals surface area contributed by atoms with Gasteiger partial charge in [0.2, 0.25) is 5.91 Å². The molecule has 0 bridgehead atoms. The van der Waals surface area contributed by atoms with Crippen LogP contribution in [0.25, 0.3) is 0 Å². The lowest BCUT2D eigenvalue weighted by Crippen LogP contribution is -2.41. The number of hydrogen-bond acceptors (Lipinski definition) is 3. The van der Waals surface area contributed by atoms with Crippen LogP contribution in [0.5, 0.6) is 0 Å². The number of hydrogen-bond donors (Lipinski definition) is 3. The van der Waals surface area contributed by atoms with Gasteiger partial charge in [-0.15, -0.1) is 0 Å². The maximum Gasteiger partial charge on any atom is 0.303 e. The van der Waals surface area contributed by atoms with Crippen molar-refractivity contribution in [1.82, 2.24) is 5.32 Å². The van der Waals surface area contributed by atoms with Crippen LogP contribution in [0.2, 0.25) is 0 Å². The highest BCUT2D eigenvalue weighted by Crippen LogP contribution is 2.28. The molecule has 104 valence electrons. The Morgan fingerprint density at radius 2 is 2.00 bits per heavy atom. The van der Waals surface area contributed by atoms with E-state index in [0.717, 1.165) is 12.3 Å². The first kappa shape index (κ1) is 15.0. The van der Waals surface area contributed by atoms with Crippen molar-refractivity contribution in [2.24, 2.45) is 11.7 Å². The van der Waals surface area contributed by atoms with Crippen LogP contribution in [0.15, 0.2) is 0 Å². The molecule has 0 aromatic carbocycles. The van der Waals surface area contributed by atoms with Gasteiger partial charge in [-0.3, -0.25) is 9.59 Å². The Kier molecular flexibility index (Phi) is 6.72. The van der Waals surface area contributed by atoms with Crippen molar-refractivity contribution in [3.63, 3.8) is 0 Å². The van der Waals surface area contributed by atoms with Gasteiger partial charge in [-0.05, 0) is 25.2 Å². The molecule has 0 spiro atoms. The summed E-state index contributed by atoms with van der Waals surface area (Å²) >= 11 is 0. The van der Waals surface area contributed by atoms with E-state index in [4.69, 9.17) is 10.8 Å². The molecule has 1 amide bonds. The van der Waals surface area contributed by atoms with Crippen molar-refractivity contribution in [3.8, 4) is 0 Å². The second-order valence-corrected chi connectivity index (χ2v) is 5.12. The molecule has 0 aromatic heterocycles. The number of nitrogens with one attached hydrogen (secondary N) is 1. The van der Waals surface area contributed by atoms with Gasteiger partial charge >= 0.3 is 5.97 Å². The van der Waals surface area contributed by atoms with Crippen molar-refractivity contribution >= 4 is 11.9 Å². The van der Waals surface area contributed by atoms with Crippen molar-refractivity contribution in [2.45, 2.75) is 57.4 Å². The van der Waals surface area contributed by atoms with Crippen LogP contribution in [0, 0.1) is 5.92 Å². The van der Waals surface area contributed by atoms with Gasteiger partial charge in [0.1, 0.15) is 0 Å². The summed E-state index contributed by atoms with van der Waals surface area (Å²) in [6.45, 7) is 0.649. The predicted molar refractivity (Wildman–Crippen MR) is 69.0 cm³/mol. The number of carboxylic acids is 1. The minimum Gasteiger partial charge on any atom is -0.481 e. The summed E-state index contributed by atoms with van der Waals surface area (Å²) in [6.07, 6.45) is 7.64. The Hall–Kier alpha value is -1.10. The highest BCUT2D eigenvalue weighted by atomic mass is 16.4. The lowest BCUT2D eigenvalue weighted by atomic mass is 10.0. The van der Waals surface area contributed by atoms with E-state index in [2.05, 4.69) is 5.32 Å². The maximum absolute atomic E-state index is 11.5. The Morgan fingerprint density at radius 1 is 1.33 bits per heavy atom. The average molecular weight is 256 g/mol. The molecule has 0 saturated heterocycles. The molecule has 4 N–H and O–H groups in total. The van der Waals surface area contributed by atoms with Crippen molar-refractivity contribution < 1.29 is 14.7 Å². The molecule has 1 unspecified atom stereocenters. The van der Waals surface area contributed by atoms with Crippen LogP contribution >= 0.6 is 0 Å². The van der Waals surface area contributed by atoms with E-state index in [1.54, 1.807) is 0 Å². The lowest BCUT2D eigenvalue weighted by Gasteiger charge is -2.12. The first-order valence-electron chi connectivity index (χ1n) is 6.84. The Labute approximate surface area is 108 Å². The summed E-state index contributed by atoms with van der Waals surface area (Å²) in [5, 5.41) is 11.3. The maximum atomic E-state index is 11.5. The van der Waals surface area contributed by atoms with Crippen molar-refractivity contribution in [1.29, 1.82) is 0 Å². The monoisotopic (exact) mass is 256 g/mol. The van der Waals surface area contributed by atoms with Gasteiger partial charge in [0.15, 0.2) is 0 Å². The summed E-state index contributed by atoms with van der Waals surface area (Å²) in [5.74, 6) is -0.315. The highest BCUT2D eigenvalue weighted by Gasteiger charge is 2.16. The van der Waals surface area contributed by atoms with Gasteiger partial charge in [-0.2, -0.15) is 0 Å². The van der Waals surface area contributed by atoms with Crippen molar-refractivity contribution in [2.75, 3.05) is 6.54 Å². The molecule has 0 aliphatic heterocycles. The van der Waals surface area contributed by atoms with Crippen LogP contribution in [-0.2, 0) is 9.59 Å². The van der Waals surface area contributed by atoms with Crippen LogP contribution in [-0.4, -0.2) is 29.6 Å². The first-order chi connectivity index (χ1) is 8.59. The number of carbonyl (C=O) groups is 2. The zero-order valence-corrected chi connectivity index (χ0v) is 10.9. The molecule has 1 rings (SSSR count). The van der Waals surface area contributed by atoms with E-state index >= 15 is 0 Å². The third-order valence-corrected chi connectivity index (χ3v) is 3.57. The number of amides is 1. The van der Waals surface area contributed by atoms with Gasteiger partial charge in [0, 0.05) is 13.0 Å².